The van der Waals surface area contributed by atoms with Crippen LogP contribution in [0.5, 0.6) is 11.5 Å². The third-order valence-electron chi connectivity index (χ3n) is 4.77. The van der Waals surface area contributed by atoms with Crippen molar-refractivity contribution >= 4 is 0 Å². The molecule has 0 unspecified atom stereocenters. The lowest BCUT2D eigenvalue weighted by Crippen LogP contribution is -2.55. The first kappa shape index (κ1) is 19.9. The van der Waals surface area contributed by atoms with Crippen molar-refractivity contribution in [1.82, 2.24) is 0 Å². The van der Waals surface area contributed by atoms with Gasteiger partial charge in [-0.2, -0.15) is 0 Å². The minimum atomic E-state index is -1.31. The van der Waals surface area contributed by atoms with Crippen molar-refractivity contribution in [3.8, 4) is 11.5 Å². The lowest BCUT2D eigenvalue weighted by molar-refractivity contribution is -0.178. The van der Waals surface area contributed by atoms with Crippen LogP contribution < -0.4 is 4.74 Å². The van der Waals surface area contributed by atoms with E-state index in [4.69, 9.17) is 9.47 Å². The Balaban J connectivity index is 1.73. The fourth-order valence-electron chi connectivity index (χ4n) is 3.17. The zero-order valence-electron chi connectivity index (χ0n) is 14.4. The van der Waals surface area contributed by atoms with Crippen molar-refractivity contribution in [2.45, 2.75) is 50.1 Å². The Kier molecular flexibility index (Phi) is 7.46. The fourth-order valence-corrected chi connectivity index (χ4v) is 3.17. The number of hydrogen-bond acceptors (Lipinski definition) is 7. The van der Waals surface area contributed by atoms with Gasteiger partial charge in [-0.05, 0) is 43.4 Å². The molecule has 1 aliphatic carbocycles. The second-order valence-electron chi connectivity index (χ2n) is 6.52. The van der Waals surface area contributed by atoms with E-state index in [0.717, 1.165) is 24.8 Å². The van der Waals surface area contributed by atoms with Gasteiger partial charge >= 0.3 is 0 Å². The minimum absolute atomic E-state index is 0.111. The number of aryl methyl sites for hydroxylation is 1. The lowest BCUT2D eigenvalue weighted by atomic mass is 9.81. The van der Waals surface area contributed by atoms with Gasteiger partial charge in [0.15, 0.2) is 11.5 Å². The number of aliphatic hydroxyl groups excluding tert-OH is 4. The maximum Gasteiger partial charge on any atom is 0.160 e. The zero-order valence-corrected chi connectivity index (χ0v) is 14.4. The van der Waals surface area contributed by atoms with E-state index in [0.29, 0.717) is 18.8 Å². The molecule has 5 atom stereocenters. The van der Waals surface area contributed by atoms with Crippen molar-refractivity contribution in [3.63, 3.8) is 0 Å². The van der Waals surface area contributed by atoms with E-state index in [1.165, 1.54) is 7.11 Å². The van der Waals surface area contributed by atoms with Gasteiger partial charge in [0.2, 0.25) is 0 Å². The van der Waals surface area contributed by atoms with Crippen LogP contribution in [0, 0.1) is 5.92 Å². The third kappa shape index (κ3) is 5.05. The van der Waals surface area contributed by atoms with Gasteiger partial charge < -0.3 is 35.0 Å². The van der Waals surface area contributed by atoms with Crippen LogP contribution >= 0.6 is 0 Å². The lowest BCUT2D eigenvalue weighted by Gasteiger charge is -2.39. The summed E-state index contributed by atoms with van der Waals surface area (Å²) in [6.07, 6.45) is -1.47. The van der Waals surface area contributed by atoms with E-state index in [1.54, 1.807) is 12.1 Å². The Bertz CT molecular complexity index is 534. The summed E-state index contributed by atoms with van der Waals surface area (Å²) in [7, 11) is 1.51. The number of ether oxygens (including phenoxy) is 2. The molecule has 0 amide bonds. The van der Waals surface area contributed by atoms with Crippen LogP contribution in [0.3, 0.4) is 0 Å². The first-order valence-corrected chi connectivity index (χ1v) is 8.60. The normalized spacial score (nSPS) is 29.6. The van der Waals surface area contributed by atoms with Gasteiger partial charge in [0.25, 0.3) is 0 Å². The number of benzene rings is 1. The average Bonchev–Trinajstić information content (AvgIpc) is 2.62. The van der Waals surface area contributed by atoms with Crippen LogP contribution in [-0.2, 0) is 11.2 Å². The number of aliphatic hydroxyl groups is 4. The van der Waals surface area contributed by atoms with E-state index in [9.17, 15) is 25.5 Å². The molecule has 5 N–H and O–H groups in total. The predicted octanol–water partition coefficient (Wildman–Crippen LogP) is 0.204. The molecule has 0 aliphatic heterocycles. The Morgan fingerprint density at radius 2 is 1.84 bits per heavy atom. The number of unbranched alkanes of at least 4 members (excludes halogenated alkanes) is 1. The maximum absolute atomic E-state index is 9.99. The Morgan fingerprint density at radius 1 is 1.08 bits per heavy atom. The van der Waals surface area contributed by atoms with Gasteiger partial charge in [0.1, 0.15) is 12.2 Å². The summed E-state index contributed by atoms with van der Waals surface area (Å²) in [6.45, 7) is 0.158. The smallest absolute Gasteiger partial charge is 0.160 e. The summed E-state index contributed by atoms with van der Waals surface area (Å²) < 4.78 is 10.7. The van der Waals surface area contributed by atoms with Gasteiger partial charge in [0, 0.05) is 19.1 Å². The van der Waals surface area contributed by atoms with Crippen molar-refractivity contribution < 1.29 is 35.0 Å². The SMILES string of the molecule is COc1cc(CCCCO[C@@H]2C[C@H](CO)[C@@H](O)[C@H](O)[C@H]2O)ccc1O. The first-order valence-electron chi connectivity index (χ1n) is 8.60. The van der Waals surface area contributed by atoms with Crippen LogP contribution in [0.15, 0.2) is 18.2 Å². The standard InChI is InChI=1S/C18H28O7/c1-24-14-8-11(5-6-13(14)20)4-2-3-7-25-15-9-12(10-19)16(21)18(23)17(15)22/h5-6,8,12,15-23H,2-4,7,9-10H2,1H3/t12-,15-,16-,17+,18+/m1/s1. The number of aromatic hydroxyl groups is 1. The maximum atomic E-state index is 9.99. The molecular weight excluding hydrogens is 328 g/mol. The van der Waals surface area contributed by atoms with Gasteiger partial charge in [0.05, 0.1) is 19.3 Å². The van der Waals surface area contributed by atoms with Gasteiger partial charge in [-0.1, -0.05) is 6.07 Å². The summed E-state index contributed by atoms with van der Waals surface area (Å²) in [5.74, 6) is 0.0644. The summed E-state index contributed by atoms with van der Waals surface area (Å²) in [6, 6.07) is 5.24. The Labute approximate surface area is 147 Å². The molecule has 1 fully saturated rings. The van der Waals surface area contributed by atoms with E-state index in [2.05, 4.69) is 0 Å². The van der Waals surface area contributed by atoms with Crippen molar-refractivity contribution in [1.29, 1.82) is 0 Å². The molecule has 1 saturated carbocycles. The molecule has 7 heteroatoms. The number of rotatable bonds is 8. The highest BCUT2D eigenvalue weighted by atomic mass is 16.5. The molecule has 25 heavy (non-hydrogen) atoms. The van der Waals surface area contributed by atoms with Crippen LogP contribution in [0.1, 0.15) is 24.8 Å². The van der Waals surface area contributed by atoms with Crippen LogP contribution in [0.25, 0.3) is 0 Å². The summed E-state index contributed by atoms with van der Waals surface area (Å²) >= 11 is 0. The molecule has 0 saturated heterocycles. The second-order valence-corrected chi connectivity index (χ2v) is 6.52. The molecule has 0 spiro atoms. The zero-order chi connectivity index (χ0) is 18.4. The number of phenols is 1. The Morgan fingerprint density at radius 3 is 2.52 bits per heavy atom. The van der Waals surface area contributed by atoms with Gasteiger partial charge in [-0.15, -0.1) is 0 Å². The minimum Gasteiger partial charge on any atom is -0.504 e. The summed E-state index contributed by atoms with van der Waals surface area (Å²) in [5, 5.41) is 48.4. The van der Waals surface area contributed by atoms with E-state index >= 15 is 0 Å². The van der Waals surface area contributed by atoms with Crippen LogP contribution in [-0.4, -0.2) is 70.3 Å². The highest BCUT2D eigenvalue weighted by Crippen LogP contribution is 2.28. The molecule has 2 rings (SSSR count). The highest BCUT2D eigenvalue weighted by Gasteiger charge is 2.42. The number of hydrogen-bond donors (Lipinski definition) is 5. The summed E-state index contributed by atoms with van der Waals surface area (Å²) in [5.41, 5.74) is 1.05. The highest BCUT2D eigenvalue weighted by molar-refractivity contribution is 5.41. The van der Waals surface area contributed by atoms with Crippen LogP contribution in [0.2, 0.25) is 0 Å². The van der Waals surface area contributed by atoms with Crippen molar-refractivity contribution in [2.24, 2.45) is 5.92 Å². The van der Waals surface area contributed by atoms with Crippen LogP contribution in [0.4, 0.5) is 0 Å². The topological polar surface area (TPSA) is 120 Å². The van der Waals surface area contributed by atoms with Gasteiger partial charge in [-0.3, -0.25) is 0 Å². The van der Waals surface area contributed by atoms with E-state index < -0.39 is 30.3 Å². The van der Waals surface area contributed by atoms with Gasteiger partial charge in [-0.25, -0.2) is 0 Å². The van der Waals surface area contributed by atoms with E-state index in [-0.39, 0.29) is 12.4 Å². The molecule has 7 nitrogen and oxygen atoms in total. The quantitative estimate of drug-likeness (QED) is 0.422. The molecule has 1 aromatic carbocycles. The third-order valence-corrected chi connectivity index (χ3v) is 4.77. The van der Waals surface area contributed by atoms with Crippen molar-refractivity contribution in [3.05, 3.63) is 23.8 Å². The largest absolute Gasteiger partial charge is 0.504 e. The molecule has 142 valence electrons. The van der Waals surface area contributed by atoms with Crippen molar-refractivity contribution in [2.75, 3.05) is 20.3 Å². The summed E-state index contributed by atoms with van der Waals surface area (Å²) in [4.78, 5) is 0. The molecule has 0 heterocycles. The Hall–Kier alpha value is -1.38. The predicted molar refractivity (Wildman–Crippen MR) is 90.6 cm³/mol. The molecule has 0 radical (unpaired) electrons. The fraction of sp³-hybridized carbons (Fsp3) is 0.667. The molecule has 1 aromatic rings. The first-order chi connectivity index (χ1) is 12.0. The molecule has 1 aliphatic rings. The second kappa shape index (κ2) is 9.35. The monoisotopic (exact) mass is 356 g/mol. The molecule has 0 bridgehead atoms. The average molecular weight is 356 g/mol. The number of phenolic OH excluding ortho intramolecular Hbond substituents is 1. The number of methoxy groups -OCH3 is 1. The molecule has 0 aromatic heterocycles. The van der Waals surface area contributed by atoms with E-state index in [1.807, 2.05) is 6.07 Å². The molecular formula is C18H28O7.